The molecule has 2 N–H and O–H groups in total. The molecule has 0 unspecified atom stereocenters. The smallest absolute Gasteiger partial charge is 0.290 e. The highest BCUT2D eigenvalue weighted by Crippen LogP contribution is 2.41. The zero-order valence-corrected chi connectivity index (χ0v) is 18.3. The van der Waals surface area contributed by atoms with Crippen LogP contribution < -0.4 is 9.47 Å². The van der Waals surface area contributed by atoms with Crippen molar-refractivity contribution in [1.82, 2.24) is 20.2 Å². The minimum atomic E-state index is -0.250. The molecule has 0 atom stereocenters. The van der Waals surface area contributed by atoms with Gasteiger partial charge in [0.05, 0.1) is 24.5 Å². The highest BCUT2D eigenvalue weighted by molar-refractivity contribution is 6.06. The number of carboxylic acid groups (broad SMARTS) is 1. The lowest BCUT2D eigenvalue weighted by Crippen LogP contribution is -2.25. The number of methoxy groups -OCH3 is 1. The molecule has 8 nitrogen and oxygen atoms in total. The van der Waals surface area contributed by atoms with Gasteiger partial charge in [0.2, 0.25) is 11.8 Å². The molecule has 8 heteroatoms. The molecule has 1 aliphatic rings. The van der Waals surface area contributed by atoms with Gasteiger partial charge in [0, 0.05) is 28.6 Å². The summed E-state index contributed by atoms with van der Waals surface area (Å²) in [7, 11) is 1.64. The van der Waals surface area contributed by atoms with Gasteiger partial charge in [0.1, 0.15) is 6.10 Å². The second-order valence-electron chi connectivity index (χ2n) is 8.05. The van der Waals surface area contributed by atoms with Gasteiger partial charge in [-0.15, -0.1) is 0 Å². The van der Waals surface area contributed by atoms with Gasteiger partial charge in [-0.2, -0.15) is 5.10 Å². The van der Waals surface area contributed by atoms with Crippen LogP contribution >= 0.6 is 0 Å². The molecule has 1 aromatic carbocycles. The van der Waals surface area contributed by atoms with Crippen LogP contribution in [0.1, 0.15) is 44.7 Å². The number of hydrogen-bond donors (Lipinski definition) is 2. The molecule has 0 amide bonds. The molecule has 1 fully saturated rings. The Morgan fingerprint density at radius 2 is 2.00 bits per heavy atom. The Morgan fingerprint density at radius 1 is 1.22 bits per heavy atom. The fourth-order valence-corrected chi connectivity index (χ4v) is 3.87. The maximum Gasteiger partial charge on any atom is 0.290 e. The average Bonchev–Trinajstić information content (AvgIpc) is 3.22. The first-order valence-corrected chi connectivity index (χ1v) is 10.6. The van der Waals surface area contributed by atoms with Crippen molar-refractivity contribution in [2.24, 2.45) is 0 Å². The Bertz CT molecular complexity index is 1250. The lowest BCUT2D eigenvalue weighted by molar-refractivity contribution is -0.122. The Kier molecular flexibility index (Phi) is 6.20. The van der Waals surface area contributed by atoms with Crippen molar-refractivity contribution in [2.45, 2.75) is 45.1 Å². The minimum Gasteiger partial charge on any atom is -0.483 e. The molecular formula is C24H26N4O4. The quantitative estimate of drug-likeness (QED) is 0.428. The first kappa shape index (κ1) is 21.5. The van der Waals surface area contributed by atoms with Crippen LogP contribution in [0.15, 0.2) is 36.7 Å². The van der Waals surface area contributed by atoms with E-state index < -0.39 is 0 Å². The van der Waals surface area contributed by atoms with Crippen LogP contribution in [0.5, 0.6) is 11.8 Å². The molecule has 0 spiro atoms. The van der Waals surface area contributed by atoms with Gasteiger partial charge in [-0.1, -0.05) is 13.8 Å². The fourth-order valence-electron chi connectivity index (χ4n) is 3.87. The molecule has 1 saturated carbocycles. The van der Waals surface area contributed by atoms with E-state index in [2.05, 4.69) is 41.2 Å². The van der Waals surface area contributed by atoms with E-state index in [1.54, 1.807) is 13.3 Å². The van der Waals surface area contributed by atoms with Crippen molar-refractivity contribution < 1.29 is 19.4 Å². The van der Waals surface area contributed by atoms with Crippen LogP contribution in [0.25, 0.3) is 32.8 Å². The number of aromatic amines is 1. The van der Waals surface area contributed by atoms with Crippen molar-refractivity contribution in [3.63, 3.8) is 0 Å². The molecule has 0 radical (unpaired) electrons. The highest BCUT2D eigenvalue weighted by Gasteiger charge is 2.24. The summed E-state index contributed by atoms with van der Waals surface area (Å²) >= 11 is 0. The van der Waals surface area contributed by atoms with E-state index in [9.17, 15) is 0 Å². The Labute approximate surface area is 185 Å². The van der Waals surface area contributed by atoms with Crippen molar-refractivity contribution in [3.05, 3.63) is 42.4 Å². The van der Waals surface area contributed by atoms with Gasteiger partial charge in [0.25, 0.3) is 6.47 Å². The number of ether oxygens (including phenoxy) is 2. The van der Waals surface area contributed by atoms with E-state index in [0.717, 1.165) is 57.2 Å². The molecular weight excluding hydrogens is 408 g/mol. The first-order valence-electron chi connectivity index (χ1n) is 10.6. The van der Waals surface area contributed by atoms with E-state index >= 15 is 0 Å². The average molecular weight is 434 g/mol. The molecule has 5 rings (SSSR count). The van der Waals surface area contributed by atoms with Gasteiger partial charge < -0.3 is 14.6 Å². The number of aromatic nitrogens is 4. The van der Waals surface area contributed by atoms with Crippen LogP contribution in [-0.2, 0) is 4.79 Å². The number of rotatable bonds is 5. The number of H-pyrrole nitrogens is 1. The molecule has 4 aromatic rings. The third-order valence-corrected chi connectivity index (χ3v) is 5.67. The van der Waals surface area contributed by atoms with Crippen LogP contribution in [0.2, 0.25) is 0 Å². The number of nitrogens with one attached hydrogen (secondary N) is 1. The Hall–Kier alpha value is -3.68. The van der Waals surface area contributed by atoms with Crippen LogP contribution in [0.4, 0.5) is 0 Å². The zero-order chi connectivity index (χ0) is 22.7. The van der Waals surface area contributed by atoms with Crippen LogP contribution in [-0.4, -0.2) is 45.0 Å². The Balaban J connectivity index is 0.000000775. The third kappa shape index (κ3) is 4.08. The van der Waals surface area contributed by atoms with E-state index in [0.29, 0.717) is 5.88 Å². The number of pyridine rings is 2. The second-order valence-corrected chi connectivity index (χ2v) is 8.05. The highest BCUT2D eigenvalue weighted by atomic mass is 16.5. The SMILES string of the molecule is COc1cc(-c2c(C(C)C)nc(OC3CCC3)c3cc4[nH]ncc4cc23)ccn1.O=CO. The topological polar surface area (TPSA) is 110 Å². The van der Waals surface area contributed by atoms with E-state index in [1.807, 2.05) is 18.3 Å². The standard InChI is InChI=1S/C23H24N4O2.CH2O2/c1-13(2)22-21(14-7-8-24-20(10-14)28-3)17-9-15-12-25-27-19(15)11-18(17)23(26-22)29-16-5-4-6-16;2-1-3/h7-13,16H,4-6H2,1-3H3,(H,25,27);1H,(H,2,3). The fraction of sp³-hybridized carbons (Fsp3) is 0.333. The van der Waals surface area contributed by atoms with E-state index in [4.69, 9.17) is 24.4 Å². The molecule has 0 saturated heterocycles. The number of carbonyl (C=O) groups is 1. The Morgan fingerprint density at radius 3 is 2.66 bits per heavy atom. The maximum absolute atomic E-state index is 8.36. The van der Waals surface area contributed by atoms with Gasteiger partial charge in [-0.3, -0.25) is 9.89 Å². The van der Waals surface area contributed by atoms with Gasteiger partial charge in [-0.25, -0.2) is 9.97 Å². The second kappa shape index (κ2) is 9.21. The van der Waals surface area contributed by atoms with Gasteiger partial charge in [-0.05, 0) is 54.3 Å². The summed E-state index contributed by atoms with van der Waals surface area (Å²) in [4.78, 5) is 17.7. The lowest BCUT2D eigenvalue weighted by Gasteiger charge is -2.27. The van der Waals surface area contributed by atoms with Crippen LogP contribution in [0.3, 0.4) is 0 Å². The van der Waals surface area contributed by atoms with Gasteiger partial charge >= 0.3 is 0 Å². The molecule has 166 valence electrons. The maximum atomic E-state index is 8.36. The van der Waals surface area contributed by atoms with Crippen molar-refractivity contribution in [1.29, 1.82) is 0 Å². The molecule has 3 aromatic heterocycles. The van der Waals surface area contributed by atoms with Crippen molar-refractivity contribution in [3.8, 4) is 22.9 Å². The third-order valence-electron chi connectivity index (χ3n) is 5.67. The summed E-state index contributed by atoms with van der Waals surface area (Å²) in [5.74, 6) is 1.54. The molecule has 0 aliphatic heterocycles. The summed E-state index contributed by atoms with van der Waals surface area (Å²) in [6.07, 6.45) is 7.30. The summed E-state index contributed by atoms with van der Waals surface area (Å²) in [6, 6.07) is 8.26. The number of fused-ring (bicyclic) bond motifs is 2. The number of benzene rings is 1. The molecule has 0 bridgehead atoms. The van der Waals surface area contributed by atoms with Crippen molar-refractivity contribution >= 4 is 28.1 Å². The lowest BCUT2D eigenvalue weighted by atomic mass is 9.92. The normalized spacial score (nSPS) is 13.5. The predicted octanol–water partition coefficient (Wildman–Crippen LogP) is 4.94. The van der Waals surface area contributed by atoms with Gasteiger partial charge in [0.15, 0.2) is 0 Å². The molecule has 3 heterocycles. The minimum absolute atomic E-state index is 0.234. The molecule has 1 aliphatic carbocycles. The predicted molar refractivity (Wildman–Crippen MR) is 122 cm³/mol. The largest absolute Gasteiger partial charge is 0.483 e. The molecule has 32 heavy (non-hydrogen) atoms. The first-order chi connectivity index (χ1) is 15.5. The van der Waals surface area contributed by atoms with Crippen LogP contribution in [0, 0.1) is 0 Å². The van der Waals surface area contributed by atoms with Crippen molar-refractivity contribution in [2.75, 3.05) is 7.11 Å². The summed E-state index contributed by atoms with van der Waals surface area (Å²) in [5.41, 5.74) is 4.13. The van der Waals surface area contributed by atoms with E-state index in [-0.39, 0.29) is 18.5 Å². The summed E-state index contributed by atoms with van der Waals surface area (Å²) in [5, 5.41) is 17.4. The monoisotopic (exact) mass is 434 g/mol. The number of nitrogens with zero attached hydrogens (tertiary/aromatic N) is 3. The van der Waals surface area contributed by atoms with E-state index in [1.165, 1.54) is 6.42 Å². The summed E-state index contributed by atoms with van der Waals surface area (Å²) in [6.45, 7) is 4.08. The summed E-state index contributed by atoms with van der Waals surface area (Å²) < 4.78 is 11.7. The number of hydrogen-bond acceptors (Lipinski definition) is 6. The zero-order valence-electron chi connectivity index (χ0n) is 18.3.